The molecule has 0 heterocycles. The zero-order valence-electron chi connectivity index (χ0n) is 10.2. The number of methoxy groups -OCH3 is 1. The number of aryl methyl sites for hydroxylation is 1. The van der Waals surface area contributed by atoms with Crippen LogP contribution in [-0.4, -0.2) is 29.4 Å². The summed E-state index contributed by atoms with van der Waals surface area (Å²) in [6.45, 7) is 1.46. The third kappa shape index (κ3) is 3.45. The number of hydrogen-bond donors (Lipinski definition) is 2. The van der Waals surface area contributed by atoms with Gasteiger partial charge in [0.1, 0.15) is 6.10 Å². The average molecular weight is 278 g/mol. The number of aliphatic hydroxyl groups is 2. The summed E-state index contributed by atoms with van der Waals surface area (Å²) in [5.41, 5.74) is -0.819. The van der Waals surface area contributed by atoms with E-state index in [2.05, 4.69) is 4.74 Å². The van der Waals surface area contributed by atoms with Gasteiger partial charge in [0.2, 0.25) is 0 Å². The first kappa shape index (κ1) is 15.5. The third-order valence-corrected chi connectivity index (χ3v) is 2.67. The van der Waals surface area contributed by atoms with Gasteiger partial charge in [0.05, 0.1) is 12.7 Å². The molecule has 0 aliphatic rings. The minimum Gasteiger partial charge on any atom is -0.467 e. The maximum absolute atomic E-state index is 12.6. The van der Waals surface area contributed by atoms with E-state index in [4.69, 9.17) is 0 Å². The van der Waals surface area contributed by atoms with E-state index in [1.165, 1.54) is 6.92 Å². The van der Waals surface area contributed by atoms with Crippen molar-refractivity contribution in [3.8, 4) is 0 Å². The minimum atomic E-state index is -4.57. The minimum absolute atomic E-state index is 0.173. The number of alkyl halides is 3. The summed E-state index contributed by atoms with van der Waals surface area (Å²) in [6, 6.07) is 2.72. The molecule has 4 nitrogen and oxygen atoms in total. The van der Waals surface area contributed by atoms with Crippen LogP contribution < -0.4 is 0 Å². The van der Waals surface area contributed by atoms with Crippen molar-refractivity contribution in [2.24, 2.45) is 0 Å². The second kappa shape index (κ2) is 5.58. The summed E-state index contributed by atoms with van der Waals surface area (Å²) in [7, 11) is 0.997. The van der Waals surface area contributed by atoms with Gasteiger partial charge in [-0.2, -0.15) is 13.2 Å². The topological polar surface area (TPSA) is 66.8 Å². The Bertz CT molecular complexity index is 471. The van der Waals surface area contributed by atoms with Crippen LogP contribution in [0.15, 0.2) is 18.2 Å². The van der Waals surface area contributed by atoms with Gasteiger partial charge in [-0.15, -0.1) is 0 Å². The van der Waals surface area contributed by atoms with E-state index in [9.17, 15) is 28.2 Å². The summed E-state index contributed by atoms with van der Waals surface area (Å²) in [5.74, 6) is -1.12. The van der Waals surface area contributed by atoms with Crippen molar-refractivity contribution in [3.63, 3.8) is 0 Å². The number of carbonyl (C=O) groups excluding carboxylic acids is 1. The van der Waals surface area contributed by atoms with Crippen molar-refractivity contribution >= 4 is 5.97 Å². The normalized spacial score (nSPS) is 14.9. The lowest BCUT2D eigenvalue weighted by molar-refractivity contribution is -0.156. The van der Waals surface area contributed by atoms with E-state index in [1.807, 2.05) is 0 Å². The Labute approximate surface area is 107 Å². The maximum Gasteiger partial charge on any atom is 0.416 e. The molecule has 1 aromatic rings. The summed E-state index contributed by atoms with van der Waals surface area (Å²) in [5, 5.41) is 19.2. The van der Waals surface area contributed by atoms with Crippen LogP contribution in [0, 0.1) is 6.92 Å². The number of rotatable bonds is 3. The van der Waals surface area contributed by atoms with Gasteiger partial charge in [0.25, 0.3) is 0 Å². The lowest BCUT2D eigenvalue weighted by Crippen LogP contribution is -2.29. The smallest absolute Gasteiger partial charge is 0.416 e. The number of esters is 1. The van der Waals surface area contributed by atoms with Crippen molar-refractivity contribution < 1.29 is 32.9 Å². The van der Waals surface area contributed by atoms with Crippen molar-refractivity contribution in [1.82, 2.24) is 0 Å². The second-order valence-electron chi connectivity index (χ2n) is 3.98. The fraction of sp³-hybridized carbons (Fsp3) is 0.417. The molecular weight excluding hydrogens is 265 g/mol. The van der Waals surface area contributed by atoms with Crippen LogP contribution in [0.25, 0.3) is 0 Å². The Balaban J connectivity index is 3.15. The van der Waals surface area contributed by atoms with Gasteiger partial charge in [-0.05, 0) is 30.2 Å². The number of ether oxygens (including phenoxy) is 1. The number of hydrogen-bond acceptors (Lipinski definition) is 4. The molecule has 106 valence electrons. The van der Waals surface area contributed by atoms with Crippen LogP contribution in [-0.2, 0) is 15.7 Å². The van der Waals surface area contributed by atoms with E-state index >= 15 is 0 Å². The van der Waals surface area contributed by atoms with E-state index < -0.39 is 29.9 Å². The predicted octanol–water partition coefficient (Wildman–Crippen LogP) is 1.58. The Kier molecular flexibility index (Phi) is 4.54. The fourth-order valence-electron chi connectivity index (χ4n) is 1.56. The SMILES string of the molecule is COC(=O)C(O)C(O)c1cc(C(F)(F)F)ccc1C. The molecule has 0 aliphatic carbocycles. The molecule has 0 bridgehead atoms. The van der Waals surface area contributed by atoms with Gasteiger partial charge < -0.3 is 14.9 Å². The molecule has 0 fully saturated rings. The first-order valence-electron chi connectivity index (χ1n) is 5.30. The number of halogens is 3. The molecule has 19 heavy (non-hydrogen) atoms. The molecule has 0 saturated carbocycles. The van der Waals surface area contributed by atoms with E-state index in [-0.39, 0.29) is 5.56 Å². The van der Waals surface area contributed by atoms with E-state index in [0.717, 1.165) is 19.2 Å². The lowest BCUT2D eigenvalue weighted by atomic mass is 9.97. The Morgan fingerprint density at radius 3 is 2.37 bits per heavy atom. The van der Waals surface area contributed by atoms with Crippen molar-refractivity contribution in [1.29, 1.82) is 0 Å². The molecule has 2 N–H and O–H groups in total. The molecule has 0 saturated heterocycles. The van der Waals surface area contributed by atoms with Crippen molar-refractivity contribution in [2.75, 3.05) is 7.11 Å². The summed E-state index contributed by atoms with van der Waals surface area (Å²) in [4.78, 5) is 11.1. The molecule has 0 amide bonds. The highest BCUT2D eigenvalue weighted by molar-refractivity contribution is 5.75. The molecule has 1 aromatic carbocycles. The van der Waals surface area contributed by atoms with Gasteiger partial charge >= 0.3 is 12.1 Å². The molecule has 7 heteroatoms. The van der Waals surface area contributed by atoms with Crippen LogP contribution in [0.5, 0.6) is 0 Å². The van der Waals surface area contributed by atoms with E-state index in [0.29, 0.717) is 11.6 Å². The quantitative estimate of drug-likeness (QED) is 0.824. The standard InChI is InChI=1S/C12H13F3O4/c1-6-3-4-7(12(13,14)15)5-8(6)9(16)10(17)11(18)19-2/h3-5,9-10,16-17H,1-2H3. The highest BCUT2D eigenvalue weighted by Gasteiger charge is 2.33. The molecular formula is C12H13F3O4. The number of carbonyl (C=O) groups is 1. The number of aliphatic hydroxyl groups excluding tert-OH is 2. The van der Waals surface area contributed by atoms with Gasteiger partial charge in [0.15, 0.2) is 6.10 Å². The summed E-state index contributed by atoms with van der Waals surface area (Å²) >= 11 is 0. The highest BCUT2D eigenvalue weighted by Crippen LogP contribution is 2.32. The highest BCUT2D eigenvalue weighted by atomic mass is 19.4. The van der Waals surface area contributed by atoms with Gasteiger partial charge in [-0.25, -0.2) is 4.79 Å². The largest absolute Gasteiger partial charge is 0.467 e. The van der Waals surface area contributed by atoms with Gasteiger partial charge in [-0.1, -0.05) is 6.07 Å². The Hall–Kier alpha value is -1.60. The molecule has 0 radical (unpaired) electrons. The average Bonchev–Trinajstić information content (AvgIpc) is 2.35. The summed E-state index contributed by atoms with van der Waals surface area (Å²) < 4.78 is 41.9. The molecule has 0 aromatic heterocycles. The third-order valence-electron chi connectivity index (χ3n) is 2.67. The lowest BCUT2D eigenvalue weighted by Gasteiger charge is -2.19. The van der Waals surface area contributed by atoms with Crippen LogP contribution in [0.3, 0.4) is 0 Å². The van der Waals surface area contributed by atoms with Gasteiger partial charge in [-0.3, -0.25) is 0 Å². The Morgan fingerprint density at radius 2 is 1.89 bits per heavy atom. The van der Waals surface area contributed by atoms with Crippen LogP contribution in [0.4, 0.5) is 13.2 Å². The fourth-order valence-corrected chi connectivity index (χ4v) is 1.56. The predicted molar refractivity (Wildman–Crippen MR) is 59.2 cm³/mol. The molecule has 1 rings (SSSR count). The first-order valence-corrected chi connectivity index (χ1v) is 5.30. The molecule has 2 unspecified atom stereocenters. The molecule has 0 spiro atoms. The monoisotopic (exact) mass is 278 g/mol. The van der Waals surface area contributed by atoms with Crippen molar-refractivity contribution in [3.05, 3.63) is 34.9 Å². The second-order valence-corrected chi connectivity index (χ2v) is 3.98. The zero-order valence-corrected chi connectivity index (χ0v) is 10.2. The van der Waals surface area contributed by atoms with Crippen LogP contribution >= 0.6 is 0 Å². The van der Waals surface area contributed by atoms with Crippen molar-refractivity contribution in [2.45, 2.75) is 25.3 Å². The van der Waals surface area contributed by atoms with Gasteiger partial charge in [0, 0.05) is 0 Å². The number of benzene rings is 1. The van der Waals surface area contributed by atoms with E-state index in [1.54, 1.807) is 0 Å². The molecule has 2 atom stereocenters. The summed E-state index contributed by atoms with van der Waals surface area (Å²) in [6.07, 6.45) is -8.29. The molecule has 0 aliphatic heterocycles. The zero-order chi connectivity index (χ0) is 14.8. The Morgan fingerprint density at radius 1 is 1.32 bits per heavy atom. The van der Waals surface area contributed by atoms with Crippen LogP contribution in [0.1, 0.15) is 22.8 Å². The van der Waals surface area contributed by atoms with Crippen LogP contribution in [0.2, 0.25) is 0 Å². The maximum atomic E-state index is 12.6. The first-order chi connectivity index (χ1) is 8.68.